The summed E-state index contributed by atoms with van der Waals surface area (Å²) in [6, 6.07) is 79.2. The minimum atomic E-state index is 0.865. The Morgan fingerprint density at radius 2 is 0.864 bits per heavy atom. The summed E-state index contributed by atoms with van der Waals surface area (Å²) in [6.07, 6.45) is 0. The van der Waals surface area contributed by atoms with E-state index < -0.39 is 0 Å². The Balaban J connectivity index is 0.951. The van der Waals surface area contributed by atoms with Crippen molar-refractivity contribution in [3.63, 3.8) is 0 Å². The lowest BCUT2D eigenvalue weighted by molar-refractivity contribution is 0.669. The summed E-state index contributed by atoms with van der Waals surface area (Å²) in [4.78, 5) is 7.50. The van der Waals surface area contributed by atoms with Crippen molar-refractivity contribution < 1.29 is 4.42 Å². The van der Waals surface area contributed by atoms with Crippen LogP contribution in [0.5, 0.6) is 0 Å². The van der Waals surface area contributed by atoms with E-state index in [1.165, 1.54) is 11.1 Å². The highest BCUT2D eigenvalue weighted by Crippen LogP contribution is 2.40. The van der Waals surface area contributed by atoms with E-state index >= 15 is 0 Å². The largest absolute Gasteiger partial charge is 0.456 e. The highest BCUT2D eigenvalue weighted by molar-refractivity contribution is 6.06. The number of para-hydroxylation sites is 2. The Labute approximate surface area is 342 Å². The van der Waals surface area contributed by atoms with Crippen LogP contribution in [0.1, 0.15) is 0 Å². The van der Waals surface area contributed by atoms with Crippen LogP contribution >= 0.6 is 0 Å². The van der Waals surface area contributed by atoms with Crippen molar-refractivity contribution in [2.45, 2.75) is 0 Å². The van der Waals surface area contributed by atoms with Crippen molar-refractivity contribution in [3.8, 4) is 50.5 Å². The zero-order valence-electron chi connectivity index (χ0n) is 32.1. The second-order valence-corrected chi connectivity index (χ2v) is 14.8. The standard InChI is InChI=1S/C55H37N3O/c1-4-13-38(14-5-1)39-23-28-46(29-24-39)57(48-32-33-50-49-21-10-11-22-53(49)59-54(50)37-48)47-30-25-40(26-31-47)42-17-12-18-43(35-42)44-27-34-52-51(36-44)56-55(41-15-6-2-7-16-41)58(52)45-19-8-3-9-20-45/h1-37H. The van der Waals surface area contributed by atoms with Crippen LogP contribution in [0, 0.1) is 0 Å². The first-order valence-corrected chi connectivity index (χ1v) is 19.9. The van der Waals surface area contributed by atoms with Gasteiger partial charge in [0.2, 0.25) is 0 Å². The van der Waals surface area contributed by atoms with Gasteiger partial charge in [-0.05, 0) is 106 Å². The maximum atomic E-state index is 6.36. The van der Waals surface area contributed by atoms with Crippen LogP contribution in [0.25, 0.3) is 83.4 Å². The number of hydrogen-bond donors (Lipinski definition) is 0. The molecule has 4 heteroatoms. The fourth-order valence-corrected chi connectivity index (χ4v) is 8.29. The molecule has 0 N–H and O–H groups in total. The molecule has 0 aliphatic carbocycles. The van der Waals surface area contributed by atoms with E-state index in [-0.39, 0.29) is 0 Å². The molecule has 0 saturated heterocycles. The molecule has 0 atom stereocenters. The summed E-state index contributed by atoms with van der Waals surface area (Å²) in [7, 11) is 0. The van der Waals surface area contributed by atoms with Gasteiger partial charge in [0.05, 0.1) is 11.0 Å². The van der Waals surface area contributed by atoms with Crippen molar-refractivity contribution in [3.05, 3.63) is 224 Å². The first kappa shape index (κ1) is 34.3. The number of aromatic nitrogens is 2. The van der Waals surface area contributed by atoms with Crippen LogP contribution < -0.4 is 4.90 Å². The minimum Gasteiger partial charge on any atom is -0.456 e. The zero-order chi connectivity index (χ0) is 39.1. The molecule has 0 fully saturated rings. The van der Waals surface area contributed by atoms with Crippen molar-refractivity contribution in [2.75, 3.05) is 4.90 Å². The minimum absolute atomic E-state index is 0.865. The van der Waals surface area contributed by atoms with Gasteiger partial charge in [-0.25, -0.2) is 4.98 Å². The molecule has 0 spiro atoms. The third kappa shape index (κ3) is 6.34. The van der Waals surface area contributed by atoms with Crippen LogP contribution in [-0.4, -0.2) is 9.55 Å². The number of benzene rings is 9. The van der Waals surface area contributed by atoms with Gasteiger partial charge >= 0.3 is 0 Å². The molecule has 11 aromatic rings. The fraction of sp³-hybridized carbons (Fsp3) is 0. The summed E-state index contributed by atoms with van der Waals surface area (Å²) in [5.74, 6) is 0.927. The van der Waals surface area contributed by atoms with E-state index in [1.54, 1.807) is 0 Å². The molecule has 2 heterocycles. The van der Waals surface area contributed by atoms with Crippen molar-refractivity contribution in [2.24, 2.45) is 0 Å². The predicted octanol–water partition coefficient (Wildman–Crippen LogP) is 15.1. The SMILES string of the molecule is c1ccc(-c2ccc(N(c3ccc(-c4cccc(-c5ccc6c(c5)nc(-c5ccccc5)n6-c5ccccc5)c4)cc3)c3ccc4c(c3)oc3ccccc34)cc2)cc1. The zero-order valence-corrected chi connectivity index (χ0v) is 32.1. The Morgan fingerprint density at radius 1 is 0.356 bits per heavy atom. The Morgan fingerprint density at radius 3 is 1.58 bits per heavy atom. The summed E-state index contributed by atoms with van der Waals surface area (Å²) < 4.78 is 8.61. The highest BCUT2D eigenvalue weighted by atomic mass is 16.3. The number of furan rings is 1. The molecule has 0 aliphatic rings. The predicted molar refractivity (Wildman–Crippen MR) is 245 cm³/mol. The van der Waals surface area contributed by atoms with E-state index in [9.17, 15) is 0 Å². The lowest BCUT2D eigenvalue weighted by atomic mass is 9.98. The summed E-state index contributed by atoms with van der Waals surface area (Å²) in [5, 5.41) is 2.23. The van der Waals surface area contributed by atoms with Gasteiger partial charge in [0, 0.05) is 45.2 Å². The Hall–Kier alpha value is -7.95. The topological polar surface area (TPSA) is 34.2 Å². The average Bonchev–Trinajstić information content (AvgIpc) is 3.89. The number of anilines is 3. The molecule has 0 aliphatic heterocycles. The van der Waals surface area contributed by atoms with Gasteiger partial charge in [-0.1, -0.05) is 146 Å². The molecule has 0 bridgehead atoms. The van der Waals surface area contributed by atoms with Gasteiger partial charge < -0.3 is 9.32 Å². The van der Waals surface area contributed by atoms with Crippen molar-refractivity contribution in [1.82, 2.24) is 9.55 Å². The van der Waals surface area contributed by atoms with Gasteiger partial charge in [-0.3, -0.25) is 4.57 Å². The molecule has 9 aromatic carbocycles. The smallest absolute Gasteiger partial charge is 0.145 e. The Bertz CT molecular complexity index is 3240. The number of nitrogens with zero attached hydrogens (tertiary/aromatic N) is 3. The number of hydrogen-bond acceptors (Lipinski definition) is 3. The van der Waals surface area contributed by atoms with Crippen LogP contribution in [0.15, 0.2) is 229 Å². The molecule has 0 unspecified atom stereocenters. The van der Waals surface area contributed by atoms with E-state index in [0.717, 1.165) is 89.4 Å². The number of fused-ring (bicyclic) bond motifs is 4. The first-order valence-electron chi connectivity index (χ1n) is 19.9. The lowest BCUT2D eigenvalue weighted by Crippen LogP contribution is -2.09. The second kappa shape index (κ2) is 14.5. The number of rotatable bonds is 8. The summed E-state index contributed by atoms with van der Waals surface area (Å²) >= 11 is 0. The maximum Gasteiger partial charge on any atom is 0.145 e. The molecule has 2 aromatic heterocycles. The van der Waals surface area contributed by atoms with Gasteiger partial charge in [0.1, 0.15) is 17.0 Å². The van der Waals surface area contributed by atoms with Gasteiger partial charge in [0.25, 0.3) is 0 Å². The first-order chi connectivity index (χ1) is 29.2. The quantitative estimate of drug-likeness (QED) is 0.155. The van der Waals surface area contributed by atoms with E-state index in [0.29, 0.717) is 0 Å². The molecule has 278 valence electrons. The third-order valence-corrected chi connectivity index (χ3v) is 11.2. The monoisotopic (exact) mass is 755 g/mol. The van der Waals surface area contributed by atoms with Crippen LogP contribution in [-0.2, 0) is 0 Å². The average molecular weight is 756 g/mol. The summed E-state index contributed by atoms with van der Waals surface area (Å²) in [5.41, 5.74) is 16.0. The molecule has 0 saturated carbocycles. The molecule has 59 heavy (non-hydrogen) atoms. The molecular formula is C55H37N3O. The Kier molecular flexibility index (Phi) is 8.45. The second-order valence-electron chi connectivity index (χ2n) is 14.8. The molecule has 4 nitrogen and oxygen atoms in total. The highest BCUT2D eigenvalue weighted by Gasteiger charge is 2.18. The van der Waals surface area contributed by atoms with E-state index in [1.807, 2.05) is 24.3 Å². The van der Waals surface area contributed by atoms with Crippen molar-refractivity contribution in [1.29, 1.82) is 0 Å². The third-order valence-electron chi connectivity index (χ3n) is 11.2. The van der Waals surface area contributed by atoms with Crippen LogP contribution in [0.2, 0.25) is 0 Å². The van der Waals surface area contributed by atoms with Crippen molar-refractivity contribution >= 4 is 50.0 Å². The van der Waals surface area contributed by atoms with Crippen LogP contribution in [0.3, 0.4) is 0 Å². The van der Waals surface area contributed by atoms with E-state index in [4.69, 9.17) is 9.40 Å². The normalized spacial score (nSPS) is 11.4. The maximum absolute atomic E-state index is 6.36. The van der Waals surface area contributed by atoms with Gasteiger partial charge in [-0.2, -0.15) is 0 Å². The van der Waals surface area contributed by atoms with E-state index in [2.05, 4.69) is 210 Å². The molecule has 0 amide bonds. The molecule has 11 rings (SSSR count). The lowest BCUT2D eigenvalue weighted by Gasteiger charge is -2.26. The fourth-order valence-electron chi connectivity index (χ4n) is 8.29. The van der Waals surface area contributed by atoms with Crippen LogP contribution in [0.4, 0.5) is 17.1 Å². The molecule has 0 radical (unpaired) electrons. The summed E-state index contributed by atoms with van der Waals surface area (Å²) in [6.45, 7) is 0. The van der Waals surface area contributed by atoms with Gasteiger partial charge in [-0.15, -0.1) is 0 Å². The van der Waals surface area contributed by atoms with Gasteiger partial charge in [0.15, 0.2) is 0 Å². The number of imidazole rings is 1. The molecular weight excluding hydrogens is 719 g/mol.